The highest BCUT2D eigenvalue weighted by atomic mass is 79.9. The number of benzene rings is 2. The molecule has 2 rings (SSSR count). The second-order valence-electron chi connectivity index (χ2n) is 3.82. The number of nitrogens with two attached hydrogens (primary N) is 1. The van der Waals surface area contributed by atoms with E-state index in [1.54, 1.807) is 12.1 Å². The van der Waals surface area contributed by atoms with Crippen molar-refractivity contribution >= 4 is 44.8 Å². The molecule has 0 aliphatic carbocycles. The van der Waals surface area contributed by atoms with Crippen molar-refractivity contribution in [2.75, 3.05) is 11.1 Å². The molecule has 0 bridgehead atoms. The topological polar surface area (TPSA) is 55.1 Å². The zero-order valence-corrected chi connectivity index (χ0v) is 11.9. The first-order valence-electron chi connectivity index (χ1n) is 5.29. The molecule has 0 saturated carbocycles. The summed E-state index contributed by atoms with van der Waals surface area (Å²) in [5.41, 5.74) is 6.83. The molecule has 0 heterocycles. The molecule has 0 aromatic heterocycles. The van der Waals surface area contributed by atoms with Crippen LogP contribution in [0.5, 0.6) is 0 Å². The molecule has 0 fully saturated rings. The summed E-state index contributed by atoms with van der Waals surface area (Å²) >= 11 is 9.10. The average molecular weight is 344 g/mol. The fourth-order valence-electron chi connectivity index (χ4n) is 1.50. The molecule has 0 unspecified atom stereocenters. The molecule has 0 spiro atoms. The van der Waals surface area contributed by atoms with Crippen molar-refractivity contribution in [1.29, 1.82) is 0 Å². The molecular formula is C13H9BrClFN2O. The SMILES string of the molecule is Nc1ccc(NC(=O)c2ccc(F)cc2Br)c(Cl)c1. The molecule has 3 N–H and O–H groups in total. The molecule has 0 atom stereocenters. The summed E-state index contributed by atoms with van der Waals surface area (Å²) in [5.74, 6) is -0.813. The van der Waals surface area contributed by atoms with Gasteiger partial charge in [-0.1, -0.05) is 11.6 Å². The smallest absolute Gasteiger partial charge is 0.256 e. The number of hydrogen-bond donors (Lipinski definition) is 2. The molecule has 0 radical (unpaired) electrons. The highest BCUT2D eigenvalue weighted by Gasteiger charge is 2.12. The summed E-state index contributed by atoms with van der Waals surface area (Å²) < 4.78 is 13.3. The lowest BCUT2D eigenvalue weighted by molar-refractivity contribution is 0.102. The Hall–Kier alpha value is -1.59. The molecule has 0 aliphatic heterocycles. The van der Waals surface area contributed by atoms with E-state index in [0.717, 1.165) is 0 Å². The lowest BCUT2D eigenvalue weighted by atomic mass is 10.2. The first-order valence-corrected chi connectivity index (χ1v) is 6.46. The van der Waals surface area contributed by atoms with Gasteiger partial charge in [-0.15, -0.1) is 0 Å². The van der Waals surface area contributed by atoms with Gasteiger partial charge in [0.2, 0.25) is 0 Å². The molecule has 2 aromatic rings. The van der Waals surface area contributed by atoms with Crippen molar-refractivity contribution in [1.82, 2.24) is 0 Å². The highest BCUT2D eigenvalue weighted by Crippen LogP contribution is 2.26. The summed E-state index contributed by atoms with van der Waals surface area (Å²) in [6.45, 7) is 0. The van der Waals surface area contributed by atoms with Gasteiger partial charge in [0, 0.05) is 10.2 Å². The van der Waals surface area contributed by atoms with E-state index < -0.39 is 11.7 Å². The van der Waals surface area contributed by atoms with E-state index in [0.29, 0.717) is 26.4 Å². The summed E-state index contributed by atoms with van der Waals surface area (Å²) in [7, 11) is 0. The standard InChI is InChI=1S/C13H9BrClFN2O/c14-10-5-7(16)1-3-9(10)13(19)18-12-4-2-8(17)6-11(12)15/h1-6H,17H2,(H,18,19). The van der Waals surface area contributed by atoms with Crippen LogP contribution in [0.3, 0.4) is 0 Å². The van der Waals surface area contributed by atoms with Crippen LogP contribution in [0.15, 0.2) is 40.9 Å². The fourth-order valence-corrected chi connectivity index (χ4v) is 2.26. The van der Waals surface area contributed by atoms with Crippen LogP contribution in [-0.2, 0) is 0 Å². The predicted molar refractivity (Wildman–Crippen MR) is 77.9 cm³/mol. The maximum Gasteiger partial charge on any atom is 0.256 e. The quantitative estimate of drug-likeness (QED) is 0.807. The van der Waals surface area contributed by atoms with Crippen molar-refractivity contribution < 1.29 is 9.18 Å². The third kappa shape index (κ3) is 3.24. The van der Waals surface area contributed by atoms with Crippen LogP contribution >= 0.6 is 27.5 Å². The third-order valence-corrected chi connectivity index (χ3v) is 3.39. The van der Waals surface area contributed by atoms with E-state index in [1.807, 2.05) is 0 Å². The minimum Gasteiger partial charge on any atom is -0.399 e. The highest BCUT2D eigenvalue weighted by molar-refractivity contribution is 9.10. The predicted octanol–water partition coefficient (Wildman–Crippen LogP) is 4.08. The number of rotatable bonds is 2. The molecule has 3 nitrogen and oxygen atoms in total. The second kappa shape index (κ2) is 5.59. The van der Waals surface area contributed by atoms with Crippen LogP contribution in [0, 0.1) is 5.82 Å². The van der Waals surface area contributed by atoms with Crippen LogP contribution < -0.4 is 11.1 Å². The van der Waals surface area contributed by atoms with E-state index in [1.165, 1.54) is 24.3 Å². The second-order valence-corrected chi connectivity index (χ2v) is 5.08. The lowest BCUT2D eigenvalue weighted by Crippen LogP contribution is -2.13. The number of nitrogens with one attached hydrogen (secondary N) is 1. The van der Waals surface area contributed by atoms with Crippen molar-refractivity contribution in [3.05, 3.63) is 57.3 Å². The Morgan fingerprint density at radius 2 is 2.00 bits per heavy atom. The van der Waals surface area contributed by atoms with Gasteiger partial charge in [0.15, 0.2) is 0 Å². The van der Waals surface area contributed by atoms with Crippen LogP contribution in [0.4, 0.5) is 15.8 Å². The Morgan fingerprint density at radius 3 is 2.63 bits per heavy atom. The van der Waals surface area contributed by atoms with Crippen molar-refractivity contribution in [3.8, 4) is 0 Å². The van der Waals surface area contributed by atoms with Crippen molar-refractivity contribution in [2.24, 2.45) is 0 Å². The average Bonchev–Trinajstić information content (AvgIpc) is 2.32. The van der Waals surface area contributed by atoms with Crippen LogP contribution in [-0.4, -0.2) is 5.91 Å². The number of carbonyl (C=O) groups excluding carboxylic acids is 1. The van der Waals surface area contributed by atoms with Gasteiger partial charge in [0.25, 0.3) is 5.91 Å². The first kappa shape index (κ1) is 13.8. The molecule has 1 amide bonds. The minimum absolute atomic E-state index is 0.314. The number of carbonyl (C=O) groups is 1. The summed E-state index contributed by atoms with van der Waals surface area (Å²) in [6, 6.07) is 8.59. The minimum atomic E-state index is -0.422. The van der Waals surface area contributed by atoms with Gasteiger partial charge < -0.3 is 11.1 Å². The van der Waals surface area contributed by atoms with E-state index in [4.69, 9.17) is 17.3 Å². The zero-order chi connectivity index (χ0) is 14.0. The Morgan fingerprint density at radius 1 is 1.26 bits per heavy atom. The monoisotopic (exact) mass is 342 g/mol. The van der Waals surface area contributed by atoms with Crippen LogP contribution in [0.2, 0.25) is 5.02 Å². The van der Waals surface area contributed by atoms with E-state index in [2.05, 4.69) is 21.2 Å². The van der Waals surface area contributed by atoms with Crippen molar-refractivity contribution in [3.63, 3.8) is 0 Å². The van der Waals surface area contributed by atoms with E-state index >= 15 is 0 Å². The van der Waals surface area contributed by atoms with Gasteiger partial charge in [-0.05, 0) is 52.3 Å². The Balaban J connectivity index is 2.25. The Bertz CT molecular complexity index is 649. The zero-order valence-electron chi connectivity index (χ0n) is 9.58. The summed E-state index contributed by atoms with van der Waals surface area (Å²) in [4.78, 5) is 12.0. The maximum absolute atomic E-state index is 12.9. The summed E-state index contributed by atoms with van der Waals surface area (Å²) in [5, 5.41) is 2.97. The van der Waals surface area contributed by atoms with Crippen LogP contribution in [0.1, 0.15) is 10.4 Å². The van der Waals surface area contributed by atoms with E-state index in [-0.39, 0.29) is 0 Å². The van der Waals surface area contributed by atoms with Gasteiger partial charge in [-0.2, -0.15) is 0 Å². The largest absolute Gasteiger partial charge is 0.399 e. The fraction of sp³-hybridized carbons (Fsp3) is 0. The van der Waals surface area contributed by atoms with E-state index in [9.17, 15) is 9.18 Å². The molecule has 0 aliphatic rings. The maximum atomic E-state index is 12.9. The molecular weight excluding hydrogens is 335 g/mol. The lowest BCUT2D eigenvalue weighted by Gasteiger charge is -2.09. The molecule has 0 saturated heterocycles. The van der Waals surface area contributed by atoms with Gasteiger partial charge >= 0.3 is 0 Å². The normalized spacial score (nSPS) is 10.3. The number of halogens is 3. The molecule has 6 heteroatoms. The van der Waals surface area contributed by atoms with Gasteiger partial charge in [0.05, 0.1) is 16.3 Å². The number of anilines is 2. The molecule has 2 aromatic carbocycles. The van der Waals surface area contributed by atoms with Gasteiger partial charge in [-0.25, -0.2) is 4.39 Å². The summed E-state index contributed by atoms with van der Waals surface area (Å²) in [6.07, 6.45) is 0. The first-order chi connectivity index (χ1) is 8.97. The Kier molecular flexibility index (Phi) is 4.07. The third-order valence-electron chi connectivity index (χ3n) is 2.42. The van der Waals surface area contributed by atoms with Crippen molar-refractivity contribution in [2.45, 2.75) is 0 Å². The molecule has 19 heavy (non-hydrogen) atoms. The number of amides is 1. The van der Waals surface area contributed by atoms with Gasteiger partial charge in [-0.3, -0.25) is 4.79 Å². The van der Waals surface area contributed by atoms with Crippen LogP contribution in [0.25, 0.3) is 0 Å². The number of hydrogen-bond acceptors (Lipinski definition) is 2. The molecule has 98 valence electrons. The number of nitrogen functional groups attached to an aromatic ring is 1. The Labute approximate surface area is 122 Å². The van der Waals surface area contributed by atoms with Gasteiger partial charge in [0.1, 0.15) is 5.82 Å².